The molecule has 12 aromatic rings. The summed E-state index contributed by atoms with van der Waals surface area (Å²) in [5, 5.41) is 4.28. The number of fused-ring (bicyclic) bond motifs is 7. The quantitative estimate of drug-likeness (QED) is 0.169. The summed E-state index contributed by atoms with van der Waals surface area (Å²) in [5.74, 6) is 2.54. The van der Waals surface area contributed by atoms with Crippen LogP contribution in [0.5, 0.6) is 0 Å². The monoisotopic (exact) mass is 756 g/mol. The first-order chi connectivity index (χ1) is 29.3. The fourth-order valence-corrected chi connectivity index (χ4v) is 8.61. The molecule has 4 heterocycles. The van der Waals surface area contributed by atoms with Crippen molar-refractivity contribution < 1.29 is 4.42 Å². The molecule has 0 N–H and O–H groups in total. The number of imidazole rings is 1. The molecule has 12 rings (SSSR count). The molecule has 0 spiro atoms. The first-order valence-corrected chi connectivity index (χ1v) is 19.7. The molecule has 0 amide bonds. The van der Waals surface area contributed by atoms with Crippen molar-refractivity contribution in [1.82, 2.24) is 29.1 Å². The maximum atomic E-state index is 6.64. The van der Waals surface area contributed by atoms with E-state index >= 15 is 0 Å². The number of nitrogens with zero attached hydrogens (tertiary/aromatic N) is 6. The number of rotatable bonds is 6. The van der Waals surface area contributed by atoms with Gasteiger partial charge in [0.1, 0.15) is 17.0 Å². The summed E-state index contributed by atoms with van der Waals surface area (Å²) in [6.07, 6.45) is 0. The Morgan fingerprint density at radius 3 is 1.61 bits per heavy atom. The summed E-state index contributed by atoms with van der Waals surface area (Å²) in [5.41, 5.74) is 11.3. The fourth-order valence-electron chi connectivity index (χ4n) is 8.61. The van der Waals surface area contributed by atoms with Crippen molar-refractivity contribution in [2.24, 2.45) is 0 Å². The van der Waals surface area contributed by atoms with Gasteiger partial charge in [-0.2, -0.15) is 0 Å². The number of furan rings is 1. The first kappa shape index (κ1) is 33.0. The van der Waals surface area contributed by atoms with Crippen molar-refractivity contribution in [3.8, 4) is 56.9 Å². The second-order valence-corrected chi connectivity index (χ2v) is 14.6. The van der Waals surface area contributed by atoms with Crippen LogP contribution in [0, 0.1) is 0 Å². The third kappa shape index (κ3) is 5.29. The highest BCUT2D eigenvalue weighted by Gasteiger charge is 2.23. The Labute approximate surface area is 338 Å². The highest BCUT2D eigenvalue weighted by molar-refractivity contribution is 6.17. The van der Waals surface area contributed by atoms with Gasteiger partial charge < -0.3 is 8.98 Å². The van der Waals surface area contributed by atoms with Crippen LogP contribution in [-0.2, 0) is 0 Å². The lowest BCUT2D eigenvalue weighted by Gasteiger charge is -2.12. The summed E-state index contributed by atoms with van der Waals surface area (Å²) < 4.78 is 11.2. The zero-order valence-corrected chi connectivity index (χ0v) is 31.6. The normalized spacial score (nSPS) is 11.7. The maximum absolute atomic E-state index is 6.64. The summed E-state index contributed by atoms with van der Waals surface area (Å²) >= 11 is 0. The number of hydrogen-bond donors (Lipinski definition) is 0. The average Bonchev–Trinajstić information content (AvgIpc) is 4.00. The molecule has 0 unspecified atom stereocenters. The largest absolute Gasteiger partial charge is 0.456 e. The zero-order chi connectivity index (χ0) is 38.9. The van der Waals surface area contributed by atoms with Crippen molar-refractivity contribution in [3.05, 3.63) is 194 Å². The van der Waals surface area contributed by atoms with Gasteiger partial charge in [-0.05, 0) is 60.7 Å². The van der Waals surface area contributed by atoms with Crippen LogP contribution in [-0.4, -0.2) is 29.1 Å². The summed E-state index contributed by atoms with van der Waals surface area (Å²) in [6, 6.07) is 66.6. The Balaban J connectivity index is 1.10. The van der Waals surface area contributed by atoms with Crippen LogP contribution in [0.4, 0.5) is 0 Å². The molecule has 0 atom stereocenters. The molecule has 7 heteroatoms. The van der Waals surface area contributed by atoms with Crippen molar-refractivity contribution >= 4 is 54.8 Å². The third-order valence-corrected chi connectivity index (χ3v) is 11.2. The van der Waals surface area contributed by atoms with Gasteiger partial charge in [0.2, 0.25) is 0 Å². The smallest absolute Gasteiger partial charge is 0.164 e. The van der Waals surface area contributed by atoms with Crippen LogP contribution in [0.1, 0.15) is 0 Å². The van der Waals surface area contributed by atoms with E-state index in [1.165, 1.54) is 10.8 Å². The van der Waals surface area contributed by atoms with Crippen LogP contribution in [0.25, 0.3) is 112 Å². The lowest BCUT2D eigenvalue weighted by molar-refractivity contribution is 0.669. The van der Waals surface area contributed by atoms with E-state index in [-0.39, 0.29) is 0 Å². The predicted molar refractivity (Wildman–Crippen MR) is 238 cm³/mol. The zero-order valence-electron chi connectivity index (χ0n) is 31.6. The Kier molecular flexibility index (Phi) is 7.40. The molecule has 8 aromatic carbocycles. The molecule has 0 aliphatic carbocycles. The molecule has 7 nitrogen and oxygen atoms in total. The highest BCUT2D eigenvalue weighted by atomic mass is 16.3. The number of hydrogen-bond acceptors (Lipinski definition) is 5. The Hall–Kier alpha value is -8.16. The third-order valence-electron chi connectivity index (χ3n) is 11.2. The van der Waals surface area contributed by atoms with Gasteiger partial charge in [-0.15, -0.1) is 0 Å². The molecule has 0 saturated carbocycles. The van der Waals surface area contributed by atoms with E-state index in [1.807, 2.05) is 66.7 Å². The Morgan fingerprint density at radius 2 is 0.881 bits per heavy atom. The van der Waals surface area contributed by atoms with Crippen LogP contribution in [0.2, 0.25) is 0 Å². The van der Waals surface area contributed by atoms with Gasteiger partial charge in [0.05, 0.1) is 22.1 Å². The molecule has 0 fully saturated rings. The van der Waals surface area contributed by atoms with Gasteiger partial charge in [-0.25, -0.2) is 19.9 Å². The van der Waals surface area contributed by atoms with Crippen molar-refractivity contribution in [2.75, 3.05) is 0 Å². The molecule has 59 heavy (non-hydrogen) atoms. The summed E-state index contributed by atoms with van der Waals surface area (Å²) in [6.45, 7) is 0. The second kappa shape index (κ2) is 13.2. The average molecular weight is 757 g/mol. The minimum absolute atomic E-state index is 0.552. The van der Waals surface area contributed by atoms with Crippen LogP contribution >= 0.6 is 0 Å². The minimum atomic E-state index is 0.552. The van der Waals surface area contributed by atoms with Crippen molar-refractivity contribution in [1.29, 1.82) is 0 Å². The Bertz CT molecular complexity index is 3510. The lowest BCUT2D eigenvalue weighted by Crippen LogP contribution is -2.01. The SMILES string of the molecule is c1ccc(-c2nc(-c3cccc(-n4c5ccccc5c5ccccc54)c3)nc(-c3cccc4oc5cccc(-c6nc7ccccc7n6-c6ccccc6)c5c34)n2)cc1. The molecular formula is C52H32N6O. The van der Waals surface area contributed by atoms with E-state index in [0.29, 0.717) is 17.5 Å². The molecule has 0 bridgehead atoms. The van der Waals surface area contributed by atoms with Gasteiger partial charge in [0.15, 0.2) is 17.5 Å². The standard InChI is InChI=1S/C52H32N6O/c1-3-16-33(17-4-1)49-54-50(34-18-13-21-36(32-34)57-42-27-10-7-22-37(42)38-23-8-11-28-43(38)57)56-51(55-49)39-24-14-30-45-47(39)48-40(25-15-31-46(48)59-45)52-53-41-26-9-12-29-44(41)58(52)35-19-5-2-6-20-35/h1-32H. The van der Waals surface area contributed by atoms with Gasteiger partial charge in [-0.1, -0.05) is 133 Å². The number of para-hydroxylation sites is 5. The van der Waals surface area contributed by atoms with E-state index in [2.05, 4.69) is 137 Å². The number of benzene rings is 8. The van der Waals surface area contributed by atoms with Crippen molar-refractivity contribution in [3.63, 3.8) is 0 Å². The molecule has 4 aromatic heterocycles. The van der Waals surface area contributed by atoms with Gasteiger partial charge >= 0.3 is 0 Å². The molecule has 0 aliphatic heterocycles. The van der Waals surface area contributed by atoms with E-state index < -0.39 is 0 Å². The van der Waals surface area contributed by atoms with Crippen LogP contribution in [0.3, 0.4) is 0 Å². The lowest BCUT2D eigenvalue weighted by atomic mass is 10.0. The van der Waals surface area contributed by atoms with Gasteiger partial charge in [-0.3, -0.25) is 4.57 Å². The molecular weight excluding hydrogens is 725 g/mol. The van der Waals surface area contributed by atoms with E-state index in [1.54, 1.807) is 0 Å². The van der Waals surface area contributed by atoms with Gasteiger partial charge in [0, 0.05) is 55.2 Å². The second-order valence-electron chi connectivity index (χ2n) is 14.6. The highest BCUT2D eigenvalue weighted by Crippen LogP contribution is 2.42. The van der Waals surface area contributed by atoms with Crippen molar-refractivity contribution in [2.45, 2.75) is 0 Å². The Morgan fingerprint density at radius 1 is 0.356 bits per heavy atom. The molecule has 0 saturated heterocycles. The molecule has 276 valence electrons. The first-order valence-electron chi connectivity index (χ1n) is 19.7. The summed E-state index contributed by atoms with van der Waals surface area (Å²) in [7, 11) is 0. The molecule has 0 aliphatic rings. The number of aromatic nitrogens is 6. The van der Waals surface area contributed by atoms with E-state index in [0.717, 1.165) is 83.5 Å². The van der Waals surface area contributed by atoms with Crippen LogP contribution in [0.15, 0.2) is 199 Å². The van der Waals surface area contributed by atoms with Crippen LogP contribution < -0.4 is 0 Å². The fraction of sp³-hybridized carbons (Fsp3) is 0. The molecule has 0 radical (unpaired) electrons. The van der Waals surface area contributed by atoms with E-state index in [9.17, 15) is 0 Å². The summed E-state index contributed by atoms with van der Waals surface area (Å²) in [4.78, 5) is 20.9. The topological polar surface area (TPSA) is 74.6 Å². The maximum Gasteiger partial charge on any atom is 0.164 e. The van der Waals surface area contributed by atoms with E-state index in [4.69, 9.17) is 24.4 Å². The van der Waals surface area contributed by atoms with Gasteiger partial charge in [0.25, 0.3) is 0 Å². The predicted octanol–water partition coefficient (Wildman–Crippen LogP) is 12.9. The minimum Gasteiger partial charge on any atom is -0.456 e.